The molecule has 1 saturated carbocycles. The molecule has 1 saturated heterocycles. The zero-order valence-corrected chi connectivity index (χ0v) is 12.8. The van der Waals surface area contributed by atoms with Crippen LogP contribution in [0.5, 0.6) is 0 Å². The fraction of sp³-hybridized carbons (Fsp3) is 0.471. The molecule has 0 radical (unpaired) electrons. The van der Waals surface area contributed by atoms with E-state index >= 15 is 0 Å². The van der Waals surface area contributed by atoms with E-state index in [1.807, 2.05) is 30.3 Å². The molecule has 5 nitrogen and oxygen atoms in total. The topological polar surface area (TPSA) is 51.0 Å². The molecule has 2 fully saturated rings. The predicted octanol–water partition coefficient (Wildman–Crippen LogP) is 2.35. The number of aromatic nitrogens is 3. The van der Waals surface area contributed by atoms with Crippen LogP contribution < -0.4 is 0 Å². The number of likely N-dealkylation sites (tertiary alicyclic amines) is 1. The Kier molecular flexibility index (Phi) is 3.21. The molecule has 1 aliphatic carbocycles. The maximum atomic E-state index is 12.9. The minimum absolute atomic E-state index is 0.120. The molecule has 4 rings (SSSR count). The summed E-state index contributed by atoms with van der Waals surface area (Å²) in [5, 5.41) is 4.49. The van der Waals surface area contributed by atoms with Crippen LogP contribution in [-0.2, 0) is 7.05 Å². The number of carbonyl (C=O) groups excluding carboxylic acids is 1. The van der Waals surface area contributed by atoms with Crippen molar-refractivity contribution in [2.24, 2.45) is 18.9 Å². The Balaban J connectivity index is 1.64. The van der Waals surface area contributed by atoms with E-state index < -0.39 is 0 Å². The number of hydrogen-bond donors (Lipinski definition) is 0. The Bertz CT molecular complexity index is 682. The zero-order chi connectivity index (χ0) is 15.1. The summed E-state index contributed by atoms with van der Waals surface area (Å²) in [6.07, 6.45) is 9.19. The first-order chi connectivity index (χ1) is 10.7. The average Bonchev–Trinajstić information content (AvgIpc) is 3.21. The van der Waals surface area contributed by atoms with E-state index in [4.69, 9.17) is 0 Å². The van der Waals surface area contributed by atoms with Gasteiger partial charge in [0, 0.05) is 44.3 Å². The Hall–Kier alpha value is -2.17. The predicted molar refractivity (Wildman–Crippen MR) is 83.2 cm³/mol. The van der Waals surface area contributed by atoms with Gasteiger partial charge in [-0.15, -0.1) is 0 Å². The van der Waals surface area contributed by atoms with Gasteiger partial charge < -0.3 is 4.90 Å². The standard InChI is InChI=1S/C17H20N4O/c1-20-11-15(16(19-20)12-5-7-18-8-6-12)17(22)21-9-13-3-2-4-14(13)10-21/h5-8,11,13-14H,2-4,9-10H2,1H3/t13-,14+. The highest BCUT2D eigenvalue weighted by molar-refractivity contribution is 6.00. The van der Waals surface area contributed by atoms with Crippen LogP contribution in [0.3, 0.4) is 0 Å². The van der Waals surface area contributed by atoms with E-state index in [9.17, 15) is 4.79 Å². The summed E-state index contributed by atoms with van der Waals surface area (Å²) >= 11 is 0. The molecule has 0 unspecified atom stereocenters. The molecule has 0 N–H and O–H groups in total. The van der Waals surface area contributed by atoms with Crippen molar-refractivity contribution in [3.05, 3.63) is 36.3 Å². The fourth-order valence-electron chi connectivity index (χ4n) is 3.94. The van der Waals surface area contributed by atoms with Crippen molar-refractivity contribution in [2.45, 2.75) is 19.3 Å². The number of pyridine rings is 1. The molecule has 5 heteroatoms. The first-order valence-electron chi connectivity index (χ1n) is 7.95. The van der Waals surface area contributed by atoms with Gasteiger partial charge in [0.05, 0.1) is 5.56 Å². The molecule has 2 atom stereocenters. The summed E-state index contributed by atoms with van der Waals surface area (Å²) in [5.41, 5.74) is 2.40. The lowest BCUT2D eigenvalue weighted by molar-refractivity contribution is 0.0781. The largest absolute Gasteiger partial charge is 0.338 e. The Morgan fingerprint density at radius 2 is 1.86 bits per heavy atom. The van der Waals surface area contributed by atoms with Crippen LogP contribution in [0.15, 0.2) is 30.7 Å². The molecular weight excluding hydrogens is 276 g/mol. The third-order valence-electron chi connectivity index (χ3n) is 5.03. The van der Waals surface area contributed by atoms with Crippen molar-refractivity contribution in [2.75, 3.05) is 13.1 Å². The first-order valence-corrected chi connectivity index (χ1v) is 7.95. The van der Waals surface area contributed by atoms with Gasteiger partial charge in [-0.2, -0.15) is 5.10 Å². The molecular formula is C17H20N4O. The zero-order valence-electron chi connectivity index (χ0n) is 12.8. The first kappa shape index (κ1) is 13.5. The Morgan fingerprint density at radius 3 is 2.55 bits per heavy atom. The molecule has 114 valence electrons. The highest BCUT2D eigenvalue weighted by Crippen LogP contribution is 2.38. The second-order valence-electron chi connectivity index (χ2n) is 6.46. The third kappa shape index (κ3) is 2.21. The second kappa shape index (κ2) is 5.23. The monoisotopic (exact) mass is 296 g/mol. The van der Waals surface area contributed by atoms with Crippen molar-refractivity contribution < 1.29 is 4.79 Å². The van der Waals surface area contributed by atoms with E-state index in [1.54, 1.807) is 17.1 Å². The van der Waals surface area contributed by atoms with Crippen LogP contribution in [0, 0.1) is 11.8 Å². The van der Waals surface area contributed by atoms with Crippen LogP contribution in [0.1, 0.15) is 29.6 Å². The van der Waals surface area contributed by atoms with Gasteiger partial charge in [-0.25, -0.2) is 0 Å². The van der Waals surface area contributed by atoms with Crippen LogP contribution in [0.25, 0.3) is 11.3 Å². The van der Waals surface area contributed by atoms with Gasteiger partial charge in [-0.05, 0) is 36.8 Å². The number of amides is 1. The summed E-state index contributed by atoms with van der Waals surface area (Å²) in [5.74, 6) is 1.55. The molecule has 3 heterocycles. The molecule has 1 amide bonds. The third-order valence-corrected chi connectivity index (χ3v) is 5.03. The van der Waals surface area contributed by atoms with Crippen molar-refractivity contribution in [3.8, 4) is 11.3 Å². The summed E-state index contributed by atoms with van der Waals surface area (Å²) < 4.78 is 1.72. The van der Waals surface area contributed by atoms with Crippen LogP contribution >= 0.6 is 0 Å². The molecule has 0 spiro atoms. The van der Waals surface area contributed by atoms with E-state index in [0.717, 1.165) is 24.3 Å². The Labute approximate surface area is 130 Å². The summed E-state index contributed by atoms with van der Waals surface area (Å²) in [7, 11) is 1.86. The van der Waals surface area contributed by atoms with Gasteiger partial charge in [-0.1, -0.05) is 6.42 Å². The van der Waals surface area contributed by atoms with E-state index in [-0.39, 0.29) is 5.91 Å². The summed E-state index contributed by atoms with van der Waals surface area (Å²) in [6.45, 7) is 1.82. The lowest BCUT2D eigenvalue weighted by Crippen LogP contribution is -2.29. The maximum Gasteiger partial charge on any atom is 0.257 e. The van der Waals surface area contributed by atoms with Crippen molar-refractivity contribution in [3.63, 3.8) is 0 Å². The summed E-state index contributed by atoms with van der Waals surface area (Å²) in [6, 6.07) is 3.80. The quantitative estimate of drug-likeness (QED) is 0.855. The average molecular weight is 296 g/mol. The van der Waals surface area contributed by atoms with Crippen LogP contribution in [0.4, 0.5) is 0 Å². The molecule has 2 aromatic heterocycles. The number of rotatable bonds is 2. The SMILES string of the molecule is Cn1cc(C(=O)N2C[C@H]3CCC[C@H]3C2)c(-c2ccncc2)n1. The van der Waals surface area contributed by atoms with Gasteiger partial charge >= 0.3 is 0 Å². The minimum atomic E-state index is 0.120. The Morgan fingerprint density at radius 1 is 1.18 bits per heavy atom. The molecule has 2 aromatic rings. The van der Waals surface area contributed by atoms with Gasteiger partial charge in [0.15, 0.2) is 0 Å². The van der Waals surface area contributed by atoms with Gasteiger partial charge in [0.2, 0.25) is 0 Å². The lowest BCUT2D eigenvalue weighted by Gasteiger charge is -2.17. The highest BCUT2D eigenvalue weighted by atomic mass is 16.2. The smallest absolute Gasteiger partial charge is 0.257 e. The van der Waals surface area contributed by atoms with E-state index in [1.165, 1.54) is 19.3 Å². The van der Waals surface area contributed by atoms with E-state index in [2.05, 4.69) is 10.1 Å². The normalized spacial score (nSPS) is 23.8. The number of fused-ring (bicyclic) bond motifs is 1. The van der Waals surface area contributed by atoms with Crippen molar-refractivity contribution >= 4 is 5.91 Å². The fourth-order valence-corrected chi connectivity index (χ4v) is 3.94. The number of aryl methyl sites for hydroxylation is 1. The number of carbonyl (C=O) groups is 1. The number of nitrogens with zero attached hydrogens (tertiary/aromatic N) is 4. The summed E-state index contributed by atoms with van der Waals surface area (Å²) in [4.78, 5) is 19.0. The van der Waals surface area contributed by atoms with Gasteiger partial charge in [0.1, 0.15) is 5.69 Å². The molecule has 22 heavy (non-hydrogen) atoms. The van der Waals surface area contributed by atoms with Crippen LogP contribution in [-0.4, -0.2) is 38.7 Å². The number of hydrogen-bond acceptors (Lipinski definition) is 3. The van der Waals surface area contributed by atoms with Crippen LogP contribution in [0.2, 0.25) is 0 Å². The lowest BCUT2D eigenvalue weighted by atomic mass is 10.0. The maximum absolute atomic E-state index is 12.9. The minimum Gasteiger partial charge on any atom is -0.338 e. The van der Waals surface area contributed by atoms with Gasteiger partial charge in [0.25, 0.3) is 5.91 Å². The second-order valence-corrected chi connectivity index (χ2v) is 6.46. The van der Waals surface area contributed by atoms with Crippen molar-refractivity contribution in [1.82, 2.24) is 19.7 Å². The van der Waals surface area contributed by atoms with E-state index in [0.29, 0.717) is 17.4 Å². The molecule has 0 bridgehead atoms. The van der Waals surface area contributed by atoms with Gasteiger partial charge in [-0.3, -0.25) is 14.5 Å². The highest BCUT2D eigenvalue weighted by Gasteiger charge is 2.39. The molecule has 2 aliphatic rings. The molecule has 0 aromatic carbocycles. The van der Waals surface area contributed by atoms with Crippen molar-refractivity contribution in [1.29, 1.82) is 0 Å². The molecule has 1 aliphatic heterocycles.